The minimum atomic E-state index is -3.69. The number of hydrogen-bond acceptors (Lipinski definition) is 6. The highest BCUT2D eigenvalue weighted by Crippen LogP contribution is 2.29. The van der Waals surface area contributed by atoms with Gasteiger partial charge in [0.05, 0.1) is 21.2 Å². The van der Waals surface area contributed by atoms with Crippen LogP contribution in [0.2, 0.25) is 0 Å². The normalized spacial score (nSPS) is 11.6. The number of nitro groups is 1. The van der Waals surface area contributed by atoms with Crippen LogP contribution in [0.15, 0.2) is 53.4 Å². The predicted octanol–water partition coefficient (Wildman–Crippen LogP) is 3.34. The molecule has 9 nitrogen and oxygen atoms in total. The molecular formula is C21H26N4O5S. The van der Waals surface area contributed by atoms with Gasteiger partial charge < -0.3 is 10.2 Å². The number of anilines is 2. The van der Waals surface area contributed by atoms with Crippen molar-refractivity contribution >= 4 is 39.1 Å². The van der Waals surface area contributed by atoms with Crippen LogP contribution in [0.5, 0.6) is 0 Å². The van der Waals surface area contributed by atoms with Crippen molar-refractivity contribution in [2.45, 2.75) is 18.7 Å². The highest BCUT2D eigenvalue weighted by atomic mass is 32.2. The number of non-ortho nitro benzene ring substituents is 1. The van der Waals surface area contributed by atoms with Crippen LogP contribution < -0.4 is 10.2 Å². The molecular weight excluding hydrogens is 420 g/mol. The first kappa shape index (κ1) is 24.0. The number of sulfonamides is 1. The smallest absolute Gasteiger partial charge is 0.270 e. The fourth-order valence-corrected chi connectivity index (χ4v) is 4.45. The monoisotopic (exact) mass is 446 g/mol. The third-order valence-electron chi connectivity index (χ3n) is 4.56. The standard InChI is InChI=1S/C21H26N4O5S/c1-5-24(6-2)31(29,30)18-11-12-20(23(3)4)19(15-18)22-21(26)13-10-16-8-7-9-17(14-16)25(27)28/h7-15H,5-6H2,1-4H3,(H,22,26)/b13-10+. The van der Waals surface area contributed by atoms with Crippen LogP contribution in [-0.4, -0.2) is 50.7 Å². The van der Waals surface area contributed by atoms with E-state index in [1.165, 1.54) is 46.8 Å². The van der Waals surface area contributed by atoms with Crippen LogP contribution in [0.4, 0.5) is 17.1 Å². The highest BCUT2D eigenvalue weighted by molar-refractivity contribution is 7.89. The van der Waals surface area contributed by atoms with Gasteiger partial charge in [-0.15, -0.1) is 0 Å². The van der Waals surface area contributed by atoms with Gasteiger partial charge in [-0.25, -0.2) is 8.42 Å². The molecule has 1 N–H and O–H groups in total. The molecule has 0 fully saturated rings. The SMILES string of the molecule is CCN(CC)S(=O)(=O)c1ccc(N(C)C)c(NC(=O)/C=C/c2cccc([N+](=O)[O-])c2)c1. The van der Waals surface area contributed by atoms with E-state index in [-0.39, 0.29) is 10.6 Å². The zero-order valence-electron chi connectivity index (χ0n) is 17.9. The van der Waals surface area contributed by atoms with Gasteiger partial charge in [-0.1, -0.05) is 26.0 Å². The van der Waals surface area contributed by atoms with Crippen LogP contribution in [0.1, 0.15) is 19.4 Å². The summed E-state index contributed by atoms with van der Waals surface area (Å²) < 4.78 is 27.0. The fourth-order valence-electron chi connectivity index (χ4n) is 2.97. The summed E-state index contributed by atoms with van der Waals surface area (Å²) in [6.45, 7) is 4.19. The van der Waals surface area contributed by atoms with Gasteiger partial charge in [-0.05, 0) is 29.8 Å². The Morgan fingerprint density at radius 3 is 2.39 bits per heavy atom. The van der Waals surface area contributed by atoms with Crippen LogP contribution in [-0.2, 0) is 14.8 Å². The lowest BCUT2D eigenvalue weighted by molar-refractivity contribution is -0.384. The Labute approximate surface area is 182 Å². The molecule has 1 amide bonds. The number of amides is 1. The summed E-state index contributed by atoms with van der Waals surface area (Å²) in [6.07, 6.45) is 2.69. The van der Waals surface area contributed by atoms with E-state index in [1.807, 2.05) is 0 Å². The molecule has 0 bridgehead atoms. The number of hydrogen-bond donors (Lipinski definition) is 1. The maximum Gasteiger partial charge on any atom is 0.270 e. The van der Waals surface area contributed by atoms with Crippen LogP contribution in [0, 0.1) is 10.1 Å². The summed E-state index contributed by atoms with van der Waals surface area (Å²) in [5.41, 5.74) is 1.39. The summed E-state index contributed by atoms with van der Waals surface area (Å²) in [4.78, 5) is 24.7. The molecule has 0 atom stereocenters. The first-order valence-corrected chi connectivity index (χ1v) is 11.1. The van der Waals surface area contributed by atoms with Crippen molar-refractivity contribution in [1.29, 1.82) is 0 Å². The zero-order valence-corrected chi connectivity index (χ0v) is 18.7. The summed E-state index contributed by atoms with van der Waals surface area (Å²) in [5.74, 6) is -0.494. The molecule has 0 saturated heterocycles. The lowest BCUT2D eigenvalue weighted by Gasteiger charge is -2.22. The Morgan fingerprint density at radius 1 is 1.13 bits per heavy atom. The van der Waals surface area contributed by atoms with E-state index in [1.54, 1.807) is 45.0 Å². The van der Waals surface area contributed by atoms with Gasteiger partial charge in [0.2, 0.25) is 15.9 Å². The van der Waals surface area contributed by atoms with E-state index >= 15 is 0 Å². The summed E-state index contributed by atoms with van der Waals surface area (Å²) in [5, 5.41) is 13.6. The van der Waals surface area contributed by atoms with Gasteiger partial charge in [0.15, 0.2) is 0 Å². The first-order chi connectivity index (χ1) is 14.6. The average Bonchev–Trinajstić information content (AvgIpc) is 2.73. The Kier molecular flexibility index (Phi) is 7.89. The minimum absolute atomic E-state index is 0.0771. The van der Waals surface area contributed by atoms with E-state index in [0.717, 1.165) is 0 Å². The van der Waals surface area contributed by atoms with Crippen molar-refractivity contribution in [2.75, 3.05) is 37.4 Å². The van der Waals surface area contributed by atoms with Crippen molar-refractivity contribution in [3.63, 3.8) is 0 Å². The van der Waals surface area contributed by atoms with Gasteiger partial charge in [0.1, 0.15) is 0 Å². The second-order valence-corrected chi connectivity index (χ2v) is 8.78. The number of rotatable bonds is 9. The molecule has 2 rings (SSSR count). The second kappa shape index (κ2) is 10.2. The van der Waals surface area contributed by atoms with Crippen LogP contribution in [0.3, 0.4) is 0 Å². The number of benzene rings is 2. The van der Waals surface area contributed by atoms with E-state index in [9.17, 15) is 23.3 Å². The van der Waals surface area contributed by atoms with Gasteiger partial charge in [-0.2, -0.15) is 4.31 Å². The molecule has 0 radical (unpaired) electrons. The largest absolute Gasteiger partial charge is 0.376 e. The van der Waals surface area contributed by atoms with E-state index in [0.29, 0.717) is 30.0 Å². The van der Waals surface area contributed by atoms with Crippen molar-refractivity contribution < 1.29 is 18.1 Å². The second-order valence-electron chi connectivity index (χ2n) is 6.84. The maximum absolute atomic E-state index is 12.8. The number of nitro benzene ring substituents is 1. The van der Waals surface area contributed by atoms with Gasteiger partial charge in [0.25, 0.3) is 5.69 Å². The number of nitrogens with zero attached hydrogens (tertiary/aromatic N) is 3. The molecule has 0 unspecified atom stereocenters. The van der Waals surface area contributed by atoms with Crippen LogP contribution in [0.25, 0.3) is 6.08 Å². The minimum Gasteiger partial charge on any atom is -0.376 e. The van der Waals surface area contributed by atoms with Crippen molar-refractivity contribution in [3.05, 3.63) is 64.2 Å². The summed E-state index contributed by atoms with van der Waals surface area (Å²) >= 11 is 0. The molecule has 166 valence electrons. The van der Waals surface area contributed by atoms with Crippen LogP contribution >= 0.6 is 0 Å². The van der Waals surface area contributed by atoms with Crippen molar-refractivity contribution in [1.82, 2.24) is 4.31 Å². The third kappa shape index (κ3) is 5.89. The Hall–Kier alpha value is -3.24. The molecule has 2 aromatic carbocycles. The zero-order chi connectivity index (χ0) is 23.2. The molecule has 0 heterocycles. The van der Waals surface area contributed by atoms with Gasteiger partial charge >= 0.3 is 0 Å². The topological polar surface area (TPSA) is 113 Å². The predicted molar refractivity (Wildman–Crippen MR) is 122 cm³/mol. The van der Waals surface area contributed by atoms with E-state index in [4.69, 9.17) is 0 Å². The molecule has 31 heavy (non-hydrogen) atoms. The molecule has 0 saturated carbocycles. The molecule has 2 aromatic rings. The highest BCUT2D eigenvalue weighted by Gasteiger charge is 2.23. The molecule has 0 spiro atoms. The Bertz CT molecular complexity index is 1090. The molecule has 10 heteroatoms. The molecule has 0 aromatic heterocycles. The quantitative estimate of drug-likeness (QED) is 0.359. The molecule has 0 aliphatic carbocycles. The maximum atomic E-state index is 12.8. The van der Waals surface area contributed by atoms with Gasteiger partial charge in [-0.3, -0.25) is 14.9 Å². The summed E-state index contributed by atoms with van der Waals surface area (Å²) in [7, 11) is -0.128. The van der Waals surface area contributed by atoms with Crippen molar-refractivity contribution in [2.24, 2.45) is 0 Å². The van der Waals surface area contributed by atoms with Gasteiger partial charge in [0, 0.05) is 45.4 Å². The van der Waals surface area contributed by atoms with E-state index < -0.39 is 20.9 Å². The van der Waals surface area contributed by atoms with Crippen molar-refractivity contribution in [3.8, 4) is 0 Å². The molecule has 0 aliphatic heterocycles. The molecule has 0 aliphatic rings. The average molecular weight is 447 g/mol. The lowest BCUT2D eigenvalue weighted by atomic mass is 10.2. The fraction of sp³-hybridized carbons (Fsp3) is 0.286. The summed E-state index contributed by atoms with van der Waals surface area (Å²) in [6, 6.07) is 10.5. The number of carbonyl (C=O) groups is 1. The number of nitrogens with one attached hydrogen (secondary N) is 1. The Morgan fingerprint density at radius 2 is 1.81 bits per heavy atom. The van der Waals surface area contributed by atoms with E-state index in [2.05, 4.69) is 5.32 Å². The Balaban J connectivity index is 2.33. The number of carbonyl (C=O) groups excluding carboxylic acids is 1. The third-order valence-corrected chi connectivity index (χ3v) is 6.60. The first-order valence-electron chi connectivity index (χ1n) is 9.65. The lowest BCUT2D eigenvalue weighted by Crippen LogP contribution is -2.30.